The Morgan fingerprint density at radius 3 is 2.54 bits per heavy atom. The Bertz CT molecular complexity index is 921. The lowest BCUT2D eigenvalue weighted by molar-refractivity contribution is -0.134. The molecule has 0 aliphatic carbocycles. The Morgan fingerprint density at radius 2 is 1.88 bits per heavy atom. The summed E-state index contributed by atoms with van der Waals surface area (Å²) in [5.41, 5.74) is 1.77. The van der Waals surface area contributed by atoms with E-state index in [0.717, 1.165) is 11.6 Å². The summed E-state index contributed by atoms with van der Waals surface area (Å²) in [6.45, 7) is 1.93. The first-order valence-corrected chi connectivity index (χ1v) is 8.38. The van der Waals surface area contributed by atoms with Crippen LogP contribution in [-0.4, -0.2) is 10.9 Å². The Hall–Kier alpha value is -2.87. The van der Waals surface area contributed by atoms with E-state index in [1.165, 1.54) is 17.5 Å². The normalized spacial score (nSPS) is 11.2. The highest BCUT2D eigenvalue weighted by Crippen LogP contribution is 2.37. The highest BCUT2D eigenvalue weighted by atomic mass is 32.1. The maximum Gasteiger partial charge on any atom is 0.425 e. The Kier molecular flexibility index (Phi) is 4.94. The third-order valence-electron chi connectivity index (χ3n) is 3.34. The maximum atomic E-state index is 12.6. The van der Waals surface area contributed by atoms with Gasteiger partial charge in [-0.3, -0.25) is 4.79 Å². The largest absolute Gasteiger partial charge is 0.438 e. The zero-order valence-electron chi connectivity index (χ0n) is 13.5. The molecule has 8 heteroatoms. The van der Waals surface area contributed by atoms with Crippen molar-refractivity contribution in [3.05, 3.63) is 70.0 Å². The summed E-state index contributed by atoms with van der Waals surface area (Å²) < 4.78 is 43.2. The number of aryl methyl sites for hydroxylation is 1. The minimum Gasteiger partial charge on any atom is -0.438 e. The predicted molar refractivity (Wildman–Crippen MR) is 92.8 cm³/mol. The molecule has 2 aromatic heterocycles. The summed E-state index contributed by atoms with van der Waals surface area (Å²) in [6.07, 6.45) is -4.42. The predicted octanol–water partition coefficient (Wildman–Crippen LogP) is 5.51. The van der Waals surface area contributed by atoms with Crippen molar-refractivity contribution in [1.82, 2.24) is 4.98 Å². The summed E-state index contributed by atoms with van der Waals surface area (Å²) in [5, 5.41) is 3.94. The first kappa shape index (κ1) is 17.9. The van der Waals surface area contributed by atoms with Crippen LogP contribution in [0.25, 0.3) is 0 Å². The Labute approximate surface area is 151 Å². The standard InChI is InChI=1S/C18H13F3N2O2S/c1-11-5-7-12(8-6-11)22-17(24)14-3-2-4-16(23-14)25-13-9-15(26-10-13)18(19,20)21/h2-10H,1H3,(H,22,24). The molecule has 0 fully saturated rings. The van der Waals surface area contributed by atoms with Gasteiger partial charge in [-0.15, -0.1) is 11.3 Å². The monoisotopic (exact) mass is 378 g/mol. The SMILES string of the molecule is Cc1ccc(NC(=O)c2cccc(Oc3csc(C(F)(F)F)c3)n2)cc1. The van der Waals surface area contributed by atoms with E-state index in [2.05, 4.69) is 10.3 Å². The summed E-state index contributed by atoms with van der Waals surface area (Å²) in [5.74, 6) is -0.389. The van der Waals surface area contributed by atoms with Gasteiger partial charge in [-0.1, -0.05) is 23.8 Å². The molecule has 3 rings (SSSR count). The number of aromatic nitrogens is 1. The molecule has 0 spiro atoms. The maximum absolute atomic E-state index is 12.6. The number of anilines is 1. The van der Waals surface area contributed by atoms with Crippen LogP contribution >= 0.6 is 11.3 Å². The molecule has 0 unspecified atom stereocenters. The topological polar surface area (TPSA) is 51.2 Å². The highest BCUT2D eigenvalue weighted by Gasteiger charge is 2.32. The van der Waals surface area contributed by atoms with Crippen LogP contribution in [0.2, 0.25) is 0 Å². The van der Waals surface area contributed by atoms with Crippen molar-refractivity contribution in [2.75, 3.05) is 5.32 Å². The van der Waals surface area contributed by atoms with Gasteiger partial charge >= 0.3 is 6.18 Å². The number of rotatable bonds is 4. The van der Waals surface area contributed by atoms with Gasteiger partial charge in [0, 0.05) is 23.2 Å². The molecule has 3 aromatic rings. The summed E-state index contributed by atoms with van der Waals surface area (Å²) in [7, 11) is 0. The number of amides is 1. The number of alkyl halides is 3. The highest BCUT2D eigenvalue weighted by molar-refractivity contribution is 7.10. The van der Waals surface area contributed by atoms with Gasteiger partial charge < -0.3 is 10.1 Å². The number of pyridine rings is 1. The molecule has 0 atom stereocenters. The average molecular weight is 378 g/mol. The number of benzene rings is 1. The quantitative estimate of drug-likeness (QED) is 0.651. The number of nitrogens with zero attached hydrogens (tertiary/aromatic N) is 1. The fourth-order valence-corrected chi connectivity index (χ4v) is 2.75. The van der Waals surface area contributed by atoms with Crippen molar-refractivity contribution >= 4 is 22.9 Å². The van der Waals surface area contributed by atoms with E-state index in [-0.39, 0.29) is 17.3 Å². The lowest BCUT2D eigenvalue weighted by atomic mass is 10.2. The molecule has 0 aliphatic rings. The summed E-state index contributed by atoms with van der Waals surface area (Å²) >= 11 is 0.532. The fourth-order valence-electron chi connectivity index (χ4n) is 2.07. The van der Waals surface area contributed by atoms with Crippen LogP contribution in [0.15, 0.2) is 53.9 Å². The van der Waals surface area contributed by atoms with Crippen molar-refractivity contribution in [2.45, 2.75) is 13.1 Å². The van der Waals surface area contributed by atoms with Crippen LogP contribution in [0.5, 0.6) is 11.6 Å². The van der Waals surface area contributed by atoms with Crippen LogP contribution in [-0.2, 0) is 6.18 Å². The van der Waals surface area contributed by atoms with Gasteiger partial charge in [-0.2, -0.15) is 13.2 Å². The third-order valence-corrected chi connectivity index (χ3v) is 4.30. The molecule has 4 nitrogen and oxygen atoms in total. The van der Waals surface area contributed by atoms with Gasteiger partial charge in [0.1, 0.15) is 16.3 Å². The van der Waals surface area contributed by atoms with E-state index in [1.54, 1.807) is 18.2 Å². The smallest absolute Gasteiger partial charge is 0.425 e. The van der Waals surface area contributed by atoms with Crippen LogP contribution in [0, 0.1) is 6.92 Å². The van der Waals surface area contributed by atoms with Crippen molar-refractivity contribution in [3.63, 3.8) is 0 Å². The van der Waals surface area contributed by atoms with Gasteiger partial charge in [-0.25, -0.2) is 4.98 Å². The molecule has 0 aliphatic heterocycles. The zero-order valence-corrected chi connectivity index (χ0v) is 14.3. The van der Waals surface area contributed by atoms with Crippen LogP contribution in [0.1, 0.15) is 20.9 Å². The number of nitrogens with one attached hydrogen (secondary N) is 1. The molecular weight excluding hydrogens is 365 g/mol. The molecule has 26 heavy (non-hydrogen) atoms. The second kappa shape index (κ2) is 7.17. The first-order valence-electron chi connectivity index (χ1n) is 7.50. The van der Waals surface area contributed by atoms with Crippen LogP contribution in [0.3, 0.4) is 0 Å². The van der Waals surface area contributed by atoms with E-state index >= 15 is 0 Å². The van der Waals surface area contributed by atoms with Crippen LogP contribution in [0.4, 0.5) is 18.9 Å². The van der Waals surface area contributed by atoms with Crippen LogP contribution < -0.4 is 10.1 Å². The van der Waals surface area contributed by atoms with Gasteiger partial charge in [0.15, 0.2) is 0 Å². The average Bonchev–Trinajstić information content (AvgIpc) is 3.06. The molecule has 134 valence electrons. The third kappa shape index (κ3) is 4.40. The number of carbonyl (C=O) groups is 1. The molecule has 2 heterocycles. The molecule has 1 N–H and O–H groups in total. The van der Waals surface area contributed by atoms with Gasteiger partial charge in [0.05, 0.1) is 0 Å². The van der Waals surface area contributed by atoms with Crippen molar-refractivity contribution in [3.8, 4) is 11.6 Å². The van der Waals surface area contributed by atoms with Crippen molar-refractivity contribution in [1.29, 1.82) is 0 Å². The van der Waals surface area contributed by atoms with E-state index in [4.69, 9.17) is 4.74 Å². The van der Waals surface area contributed by atoms with Crippen molar-refractivity contribution < 1.29 is 22.7 Å². The Balaban J connectivity index is 1.72. The molecule has 0 saturated carbocycles. The number of carbonyl (C=O) groups excluding carboxylic acids is 1. The lowest BCUT2D eigenvalue weighted by Crippen LogP contribution is -2.13. The van der Waals surface area contributed by atoms with E-state index < -0.39 is 17.0 Å². The number of hydrogen-bond donors (Lipinski definition) is 1. The number of hydrogen-bond acceptors (Lipinski definition) is 4. The molecule has 0 bridgehead atoms. The first-order chi connectivity index (χ1) is 12.3. The minimum atomic E-state index is -4.42. The number of ether oxygens (including phenoxy) is 1. The molecule has 0 radical (unpaired) electrons. The molecular formula is C18H13F3N2O2S. The van der Waals surface area contributed by atoms with Gasteiger partial charge in [0.25, 0.3) is 5.91 Å². The number of thiophene rings is 1. The van der Waals surface area contributed by atoms with E-state index in [9.17, 15) is 18.0 Å². The van der Waals surface area contributed by atoms with Gasteiger partial charge in [0.2, 0.25) is 5.88 Å². The summed E-state index contributed by atoms with van der Waals surface area (Å²) in [6, 6.07) is 12.6. The second-order valence-electron chi connectivity index (χ2n) is 5.43. The zero-order chi connectivity index (χ0) is 18.7. The molecule has 1 amide bonds. The minimum absolute atomic E-state index is 0.0194. The Morgan fingerprint density at radius 1 is 1.15 bits per heavy atom. The molecule has 1 aromatic carbocycles. The lowest BCUT2D eigenvalue weighted by Gasteiger charge is -2.07. The van der Waals surface area contributed by atoms with Crippen molar-refractivity contribution in [2.24, 2.45) is 0 Å². The molecule has 0 saturated heterocycles. The van der Waals surface area contributed by atoms with E-state index in [1.807, 2.05) is 19.1 Å². The summed E-state index contributed by atoms with van der Waals surface area (Å²) in [4.78, 5) is 15.5. The fraction of sp³-hybridized carbons (Fsp3) is 0.111. The second-order valence-corrected chi connectivity index (χ2v) is 6.34. The van der Waals surface area contributed by atoms with E-state index in [0.29, 0.717) is 17.0 Å². The van der Waals surface area contributed by atoms with Gasteiger partial charge in [-0.05, 0) is 25.1 Å². The number of halogens is 3.